The maximum atomic E-state index is 12.6. The summed E-state index contributed by atoms with van der Waals surface area (Å²) in [4.78, 5) is 30.4. The van der Waals surface area contributed by atoms with Gasteiger partial charge in [0.2, 0.25) is 5.91 Å². The van der Waals surface area contributed by atoms with Gasteiger partial charge in [0.05, 0.1) is 6.33 Å². The molecule has 2 N–H and O–H groups in total. The molecular formula is C18H25Cl2N5O2. The topological polar surface area (TPSA) is 79.3 Å². The van der Waals surface area contributed by atoms with Gasteiger partial charge in [-0.15, -0.1) is 24.8 Å². The van der Waals surface area contributed by atoms with E-state index >= 15 is 0 Å². The van der Waals surface area contributed by atoms with Crippen molar-refractivity contribution < 1.29 is 9.59 Å². The number of rotatable bonds is 6. The zero-order valence-corrected chi connectivity index (χ0v) is 16.8. The molecule has 0 aliphatic carbocycles. The number of aromatic nitrogens is 2. The third-order valence-corrected chi connectivity index (χ3v) is 4.45. The lowest BCUT2D eigenvalue weighted by Crippen LogP contribution is -2.38. The first-order valence-corrected chi connectivity index (χ1v) is 8.47. The fraction of sp³-hybridized carbons (Fsp3) is 0.389. The van der Waals surface area contributed by atoms with Crippen LogP contribution >= 0.6 is 24.8 Å². The Morgan fingerprint density at radius 1 is 1.37 bits per heavy atom. The van der Waals surface area contributed by atoms with Crippen LogP contribution < -0.4 is 10.6 Å². The molecule has 1 aliphatic heterocycles. The van der Waals surface area contributed by atoms with Crippen LogP contribution in [0.5, 0.6) is 0 Å². The Morgan fingerprint density at radius 3 is 2.85 bits per heavy atom. The first kappa shape index (κ1) is 23.0. The predicted octanol–water partition coefficient (Wildman–Crippen LogP) is 2.19. The molecule has 0 saturated carbocycles. The summed E-state index contributed by atoms with van der Waals surface area (Å²) in [5, 5.41) is 6.12. The zero-order chi connectivity index (χ0) is 17.6. The van der Waals surface area contributed by atoms with Crippen molar-refractivity contribution in [2.24, 2.45) is 0 Å². The summed E-state index contributed by atoms with van der Waals surface area (Å²) >= 11 is 0. The highest BCUT2D eigenvalue weighted by molar-refractivity contribution is 5.97. The van der Waals surface area contributed by atoms with Crippen LogP contribution in [0.4, 0.5) is 5.69 Å². The highest BCUT2D eigenvalue weighted by Gasteiger charge is 2.24. The Labute approximate surface area is 171 Å². The number of anilines is 1. The number of nitrogens with zero attached hydrogens (tertiary/aromatic N) is 3. The first-order chi connectivity index (χ1) is 12.1. The molecule has 1 aromatic heterocycles. The van der Waals surface area contributed by atoms with Gasteiger partial charge in [0.15, 0.2) is 0 Å². The molecule has 1 saturated heterocycles. The van der Waals surface area contributed by atoms with Gasteiger partial charge in [-0.3, -0.25) is 9.59 Å². The Balaban J connectivity index is 0.00000182. The van der Waals surface area contributed by atoms with E-state index in [0.717, 1.165) is 19.5 Å². The third-order valence-electron chi connectivity index (χ3n) is 4.45. The number of hydrogen-bond donors (Lipinski definition) is 2. The highest BCUT2D eigenvalue weighted by atomic mass is 35.5. The van der Waals surface area contributed by atoms with Crippen molar-refractivity contribution in [2.75, 3.05) is 25.5 Å². The van der Waals surface area contributed by atoms with Gasteiger partial charge < -0.3 is 20.1 Å². The van der Waals surface area contributed by atoms with Crippen LogP contribution in [0.1, 0.15) is 23.2 Å². The second-order valence-electron chi connectivity index (χ2n) is 6.24. The third kappa shape index (κ3) is 6.23. The van der Waals surface area contributed by atoms with Crippen molar-refractivity contribution in [3.05, 3.63) is 48.5 Å². The molecule has 1 aromatic carbocycles. The predicted molar refractivity (Wildman–Crippen MR) is 110 cm³/mol. The summed E-state index contributed by atoms with van der Waals surface area (Å²) in [7, 11) is 1.83. The molecule has 148 valence electrons. The summed E-state index contributed by atoms with van der Waals surface area (Å²) in [6.07, 6.45) is 6.50. The second kappa shape index (κ2) is 10.9. The number of imidazole rings is 1. The molecule has 9 heteroatoms. The number of nitrogens with one attached hydrogen (secondary N) is 2. The molecule has 1 fully saturated rings. The smallest absolute Gasteiger partial charge is 0.253 e. The Morgan fingerprint density at radius 2 is 2.19 bits per heavy atom. The highest BCUT2D eigenvalue weighted by Crippen LogP contribution is 2.15. The molecule has 2 aromatic rings. The molecule has 2 amide bonds. The maximum Gasteiger partial charge on any atom is 0.253 e. The van der Waals surface area contributed by atoms with Crippen molar-refractivity contribution in [1.82, 2.24) is 19.8 Å². The van der Waals surface area contributed by atoms with E-state index in [-0.39, 0.29) is 42.7 Å². The summed E-state index contributed by atoms with van der Waals surface area (Å²) in [6.45, 7) is 2.34. The molecular weight excluding hydrogens is 389 g/mol. The van der Waals surface area contributed by atoms with Crippen molar-refractivity contribution in [3.8, 4) is 0 Å². The van der Waals surface area contributed by atoms with Crippen molar-refractivity contribution in [3.63, 3.8) is 0 Å². The molecule has 27 heavy (non-hydrogen) atoms. The van der Waals surface area contributed by atoms with Gasteiger partial charge in [-0.1, -0.05) is 6.07 Å². The van der Waals surface area contributed by atoms with Gasteiger partial charge in [-0.25, -0.2) is 4.98 Å². The SMILES string of the molecule is CN(C(=O)c1cccc(NC(=O)CCn2ccnc2)c1)C1CCNC1.Cl.Cl. The fourth-order valence-corrected chi connectivity index (χ4v) is 2.94. The van der Waals surface area contributed by atoms with E-state index in [4.69, 9.17) is 0 Å². The standard InChI is InChI=1S/C18H23N5O2.2ClH/c1-22(16-5-7-19-12-16)18(25)14-3-2-4-15(11-14)21-17(24)6-9-23-10-8-20-13-23;;/h2-4,8,10-11,13,16,19H,5-7,9,12H2,1H3,(H,21,24);2*1H. The van der Waals surface area contributed by atoms with Crippen LogP contribution in [0.2, 0.25) is 0 Å². The van der Waals surface area contributed by atoms with Gasteiger partial charge in [0.1, 0.15) is 0 Å². The zero-order valence-electron chi connectivity index (χ0n) is 15.1. The second-order valence-corrected chi connectivity index (χ2v) is 6.24. The molecule has 1 atom stereocenters. The van der Waals surface area contributed by atoms with E-state index in [2.05, 4.69) is 15.6 Å². The summed E-state index contributed by atoms with van der Waals surface area (Å²) in [6, 6.07) is 7.32. The van der Waals surface area contributed by atoms with E-state index in [1.165, 1.54) is 0 Å². The number of halogens is 2. The lowest BCUT2D eigenvalue weighted by atomic mass is 10.1. The van der Waals surface area contributed by atoms with Crippen molar-refractivity contribution in [1.29, 1.82) is 0 Å². The molecule has 2 heterocycles. The largest absolute Gasteiger partial charge is 0.337 e. The Hall–Kier alpha value is -2.09. The van der Waals surface area contributed by atoms with Crippen molar-refractivity contribution >= 4 is 42.3 Å². The van der Waals surface area contributed by atoms with Crippen LogP contribution in [0.25, 0.3) is 0 Å². The molecule has 0 spiro atoms. The number of carbonyl (C=O) groups is 2. The minimum atomic E-state index is -0.0911. The van der Waals surface area contributed by atoms with E-state index in [1.54, 1.807) is 41.7 Å². The first-order valence-electron chi connectivity index (χ1n) is 8.47. The summed E-state index contributed by atoms with van der Waals surface area (Å²) in [5.41, 5.74) is 1.22. The molecule has 0 radical (unpaired) electrons. The lowest BCUT2D eigenvalue weighted by Gasteiger charge is -2.24. The minimum Gasteiger partial charge on any atom is -0.337 e. The van der Waals surface area contributed by atoms with E-state index in [1.807, 2.05) is 17.8 Å². The molecule has 7 nitrogen and oxygen atoms in total. The summed E-state index contributed by atoms with van der Waals surface area (Å²) in [5.74, 6) is -0.116. The number of benzene rings is 1. The van der Waals surface area contributed by atoms with E-state index in [0.29, 0.717) is 24.2 Å². The summed E-state index contributed by atoms with van der Waals surface area (Å²) < 4.78 is 1.85. The lowest BCUT2D eigenvalue weighted by molar-refractivity contribution is -0.116. The van der Waals surface area contributed by atoms with Gasteiger partial charge in [-0.2, -0.15) is 0 Å². The molecule has 1 unspecified atom stereocenters. The van der Waals surface area contributed by atoms with Crippen LogP contribution in [-0.4, -0.2) is 52.4 Å². The molecule has 1 aliphatic rings. The van der Waals surface area contributed by atoms with Gasteiger partial charge in [-0.05, 0) is 31.2 Å². The molecule has 3 rings (SSSR count). The Bertz CT molecular complexity index is 733. The van der Waals surface area contributed by atoms with Gasteiger partial charge >= 0.3 is 0 Å². The van der Waals surface area contributed by atoms with Crippen molar-refractivity contribution in [2.45, 2.75) is 25.4 Å². The van der Waals surface area contributed by atoms with Crippen LogP contribution in [-0.2, 0) is 11.3 Å². The Kier molecular flexibility index (Phi) is 9.28. The number of hydrogen-bond acceptors (Lipinski definition) is 4. The maximum absolute atomic E-state index is 12.6. The average molecular weight is 414 g/mol. The molecule has 0 bridgehead atoms. The minimum absolute atomic E-state index is 0. The van der Waals surface area contributed by atoms with Crippen LogP contribution in [0.15, 0.2) is 43.0 Å². The van der Waals surface area contributed by atoms with Crippen LogP contribution in [0, 0.1) is 0 Å². The van der Waals surface area contributed by atoms with E-state index in [9.17, 15) is 9.59 Å². The number of aryl methyl sites for hydroxylation is 1. The number of likely N-dealkylation sites (N-methyl/N-ethyl adjacent to an activating group) is 1. The fourth-order valence-electron chi connectivity index (χ4n) is 2.94. The number of carbonyl (C=O) groups excluding carboxylic acids is 2. The van der Waals surface area contributed by atoms with Gasteiger partial charge in [0.25, 0.3) is 5.91 Å². The monoisotopic (exact) mass is 413 g/mol. The van der Waals surface area contributed by atoms with Gasteiger partial charge in [0, 0.05) is 56.2 Å². The number of amides is 2. The van der Waals surface area contributed by atoms with Crippen LogP contribution in [0.3, 0.4) is 0 Å². The average Bonchev–Trinajstić information content (AvgIpc) is 3.32. The van der Waals surface area contributed by atoms with E-state index < -0.39 is 0 Å². The normalized spacial score (nSPS) is 15.4. The quantitative estimate of drug-likeness (QED) is 0.760.